The SMILES string of the molecule is Cc1cnc(C2CC(C)(S(=O)(=O)c3cccc(OC(F)F)c3)CCO2)c(C)c1. The minimum Gasteiger partial charge on any atom is -0.435 e. The molecule has 0 aliphatic carbocycles. The van der Waals surface area contributed by atoms with Crippen molar-refractivity contribution in [3.8, 4) is 5.75 Å². The molecule has 152 valence electrons. The predicted octanol–water partition coefficient (Wildman–Crippen LogP) is 4.38. The van der Waals surface area contributed by atoms with Gasteiger partial charge in [-0.15, -0.1) is 0 Å². The molecule has 5 nitrogen and oxygen atoms in total. The lowest BCUT2D eigenvalue weighted by atomic mass is 9.93. The second kappa shape index (κ2) is 7.75. The summed E-state index contributed by atoms with van der Waals surface area (Å²) in [5.74, 6) is -0.181. The Morgan fingerprint density at radius 1 is 1.29 bits per heavy atom. The zero-order valence-electron chi connectivity index (χ0n) is 16.0. The van der Waals surface area contributed by atoms with Gasteiger partial charge in [-0.05, 0) is 62.9 Å². The minimum atomic E-state index is -3.81. The number of benzene rings is 1. The Labute approximate surface area is 163 Å². The molecule has 1 aliphatic heterocycles. The first-order valence-electron chi connectivity index (χ1n) is 8.97. The first kappa shape index (κ1) is 20.7. The fourth-order valence-electron chi connectivity index (χ4n) is 3.55. The third-order valence-electron chi connectivity index (χ3n) is 5.12. The van der Waals surface area contributed by atoms with Crippen LogP contribution in [0.3, 0.4) is 0 Å². The Hall–Kier alpha value is -2.06. The van der Waals surface area contributed by atoms with Crippen molar-refractivity contribution >= 4 is 9.84 Å². The number of sulfone groups is 1. The molecule has 0 saturated carbocycles. The average molecular weight is 411 g/mol. The van der Waals surface area contributed by atoms with Crippen LogP contribution in [0.15, 0.2) is 41.4 Å². The second-order valence-corrected chi connectivity index (χ2v) is 9.80. The van der Waals surface area contributed by atoms with Crippen molar-refractivity contribution in [2.45, 2.75) is 56.0 Å². The first-order chi connectivity index (χ1) is 13.1. The molecule has 1 fully saturated rings. The molecule has 1 saturated heterocycles. The van der Waals surface area contributed by atoms with E-state index in [9.17, 15) is 17.2 Å². The van der Waals surface area contributed by atoms with Gasteiger partial charge in [0.05, 0.1) is 15.3 Å². The molecular formula is C20H23F2NO4S. The number of aryl methyl sites for hydroxylation is 2. The van der Waals surface area contributed by atoms with Crippen molar-refractivity contribution in [1.29, 1.82) is 0 Å². The van der Waals surface area contributed by atoms with Gasteiger partial charge in [0.15, 0.2) is 9.84 Å². The quantitative estimate of drug-likeness (QED) is 0.730. The maximum atomic E-state index is 13.3. The van der Waals surface area contributed by atoms with Crippen LogP contribution in [0.5, 0.6) is 5.75 Å². The lowest BCUT2D eigenvalue weighted by Gasteiger charge is -2.37. The highest BCUT2D eigenvalue weighted by atomic mass is 32.2. The summed E-state index contributed by atoms with van der Waals surface area (Å²) < 4.78 is 60.7. The van der Waals surface area contributed by atoms with E-state index < -0.39 is 27.3 Å². The van der Waals surface area contributed by atoms with Crippen LogP contribution in [-0.4, -0.2) is 31.4 Å². The first-order valence-corrected chi connectivity index (χ1v) is 10.4. The summed E-state index contributed by atoms with van der Waals surface area (Å²) in [4.78, 5) is 4.41. The van der Waals surface area contributed by atoms with E-state index in [4.69, 9.17) is 4.74 Å². The Morgan fingerprint density at radius 3 is 2.71 bits per heavy atom. The fraction of sp³-hybridized carbons (Fsp3) is 0.450. The van der Waals surface area contributed by atoms with E-state index in [1.54, 1.807) is 13.1 Å². The van der Waals surface area contributed by atoms with E-state index in [-0.39, 0.29) is 23.7 Å². The number of rotatable bonds is 5. The second-order valence-electron chi connectivity index (χ2n) is 7.34. The molecule has 2 unspecified atom stereocenters. The Kier molecular flexibility index (Phi) is 5.72. The van der Waals surface area contributed by atoms with E-state index in [1.165, 1.54) is 18.2 Å². The number of ether oxygens (including phenoxy) is 2. The van der Waals surface area contributed by atoms with Gasteiger partial charge < -0.3 is 9.47 Å². The largest absolute Gasteiger partial charge is 0.435 e. The Bertz CT molecular complexity index is 964. The molecule has 2 aromatic rings. The average Bonchev–Trinajstić information content (AvgIpc) is 2.61. The molecule has 0 spiro atoms. The summed E-state index contributed by atoms with van der Waals surface area (Å²) in [6.45, 7) is 2.78. The molecule has 3 rings (SSSR count). The number of alkyl halides is 2. The van der Waals surface area contributed by atoms with E-state index in [0.717, 1.165) is 22.9 Å². The normalized spacial score (nSPS) is 23.0. The number of halogens is 2. The highest BCUT2D eigenvalue weighted by Gasteiger charge is 2.45. The molecule has 0 N–H and O–H groups in total. The van der Waals surface area contributed by atoms with E-state index in [2.05, 4.69) is 9.72 Å². The van der Waals surface area contributed by atoms with Crippen molar-refractivity contribution in [3.63, 3.8) is 0 Å². The highest BCUT2D eigenvalue weighted by Crippen LogP contribution is 2.42. The van der Waals surface area contributed by atoms with Crippen LogP contribution in [0, 0.1) is 13.8 Å². The molecule has 1 aromatic heterocycles. The van der Waals surface area contributed by atoms with Crippen LogP contribution in [0.4, 0.5) is 8.78 Å². The van der Waals surface area contributed by atoms with Gasteiger partial charge in [0, 0.05) is 12.8 Å². The van der Waals surface area contributed by atoms with Crippen LogP contribution >= 0.6 is 0 Å². The molecule has 28 heavy (non-hydrogen) atoms. The standard InChI is InChI=1S/C20H23F2NO4S/c1-13-9-14(2)18(23-12-13)17-11-20(3,7-8-26-17)28(24,25)16-6-4-5-15(10-16)27-19(21)22/h4-6,9-10,12,17,19H,7-8,11H2,1-3H3. The number of aromatic nitrogens is 1. The molecule has 0 amide bonds. The lowest BCUT2D eigenvalue weighted by molar-refractivity contribution is -0.0499. The molecule has 8 heteroatoms. The third kappa shape index (κ3) is 4.03. The Morgan fingerprint density at radius 2 is 2.04 bits per heavy atom. The van der Waals surface area contributed by atoms with E-state index >= 15 is 0 Å². The number of hydrogen-bond donors (Lipinski definition) is 0. The monoisotopic (exact) mass is 411 g/mol. The van der Waals surface area contributed by atoms with Crippen molar-refractivity contribution in [2.75, 3.05) is 6.61 Å². The topological polar surface area (TPSA) is 65.5 Å². The summed E-state index contributed by atoms with van der Waals surface area (Å²) in [5, 5.41) is 0. The summed E-state index contributed by atoms with van der Waals surface area (Å²) in [7, 11) is -3.81. The predicted molar refractivity (Wildman–Crippen MR) is 100 cm³/mol. The number of pyridine rings is 1. The third-order valence-corrected chi connectivity index (χ3v) is 7.66. The van der Waals surface area contributed by atoms with Gasteiger partial charge in [-0.3, -0.25) is 4.98 Å². The smallest absolute Gasteiger partial charge is 0.387 e. The molecule has 0 radical (unpaired) electrons. The maximum absolute atomic E-state index is 13.3. The van der Waals surface area contributed by atoms with Crippen LogP contribution in [0.2, 0.25) is 0 Å². The van der Waals surface area contributed by atoms with Gasteiger partial charge in [-0.2, -0.15) is 8.78 Å². The van der Waals surface area contributed by atoms with E-state index in [0.29, 0.717) is 6.42 Å². The molecule has 1 aromatic carbocycles. The summed E-state index contributed by atoms with van der Waals surface area (Å²) in [6.07, 6.45) is 1.81. The van der Waals surface area contributed by atoms with Crippen molar-refractivity contribution in [2.24, 2.45) is 0 Å². The molecular weight excluding hydrogens is 388 g/mol. The number of nitrogens with zero attached hydrogens (tertiary/aromatic N) is 1. The lowest BCUT2D eigenvalue weighted by Crippen LogP contribution is -2.42. The van der Waals surface area contributed by atoms with Gasteiger partial charge in [-0.25, -0.2) is 8.42 Å². The minimum absolute atomic E-state index is 0.0395. The molecule has 2 atom stereocenters. The fourth-order valence-corrected chi connectivity index (χ4v) is 5.38. The van der Waals surface area contributed by atoms with Gasteiger partial charge >= 0.3 is 6.61 Å². The highest BCUT2D eigenvalue weighted by molar-refractivity contribution is 7.92. The van der Waals surface area contributed by atoms with Crippen LogP contribution < -0.4 is 4.74 Å². The van der Waals surface area contributed by atoms with Crippen molar-refractivity contribution in [3.05, 3.63) is 53.3 Å². The van der Waals surface area contributed by atoms with Gasteiger partial charge in [0.2, 0.25) is 0 Å². The van der Waals surface area contributed by atoms with E-state index in [1.807, 2.05) is 19.9 Å². The molecule has 2 heterocycles. The van der Waals surface area contributed by atoms with Gasteiger partial charge in [0.25, 0.3) is 0 Å². The van der Waals surface area contributed by atoms with Crippen LogP contribution in [0.1, 0.15) is 42.7 Å². The van der Waals surface area contributed by atoms with Crippen molar-refractivity contribution < 1.29 is 26.7 Å². The molecule has 0 bridgehead atoms. The number of hydrogen-bond acceptors (Lipinski definition) is 5. The maximum Gasteiger partial charge on any atom is 0.387 e. The van der Waals surface area contributed by atoms with Crippen molar-refractivity contribution in [1.82, 2.24) is 4.98 Å². The summed E-state index contributed by atoms with van der Waals surface area (Å²) in [6, 6.07) is 7.24. The van der Waals surface area contributed by atoms with Crippen LogP contribution in [0.25, 0.3) is 0 Å². The summed E-state index contributed by atoms with van der Waals surface area (Å²) in [5.41, 5.74) is 2.68. The molecule has 1 aliphatic rings. The van der Waals surface area contributed by atoms with Crippen LogP contribution in [-0.2, 0) is 14.6 Å². The zero-order valence-corrected chi connectivity index (χ0v) is 16.8. The Balaban J connectivity index is 1.92. The summed E-state index contributed by atoms with van der Waals surface area (Å²) >= 11 is 0. The van der Waals surface area contributed by atoms with Gasteiger partial charge in [-0.1, -0.05) is 12.1 Å². The zero-order chi connectivity index (χ0) is 20.5. The van der Waals surface area contributed by atoms with Gasteiger partial charge in [0.1, 0.15) is 11.9 Å².